The maximum absolute atomic E-state index is 11.9. The van der Waals surface area contributed by atoms with Gasteiger partial charge in [-0.15, -0.1) is 0 Å². The standard InChI is InChI=1S/C8H6BrF3N2O4S/c9-5-3-4(19(16,17)18)1-2-6(5)13-14-7(15)8(10,11)12/h1-3,13H,(H,14,15)(H,16,17,18)/p-1. The van der Waals surface area contributed by atoms with E-state index < -0.39 is 27.1 Å². The zero-order valence-electron chi connectivity index (χ0n) is 8.79. The van der Waals surface area contributed by atoms with Crippen LogP contribution in [-0.2, 0) is 14.9 Å². The number of hydrogen-bond donors (Lipinski definition) is 2. The maximum Gasteiger partial charge on any atom is 0.472 e. The summed E-state index contributed by atoms with van der Waals surface area (Å²) in [7, 11) is -4.67. The lowest BCUT2D eigenvalue weighted by Gasteiger charge is -2.13. The summed E-state index contributed by atoms with van der Waals surface area (Å²) >= 11 is 2.84. The van der Waals surface area contributed by atoms with Crippen molar-refractivity contribution in [3.8, 4) is 0 Å². The van der Waals surface area contributed by atoms with Crippen molar-refractivity contribution >= 4 is 37.6 Å². The molecule has 11 heteroatoms. The molecule has 0 aromatic heterocycles. The van der Waals surface area contributed by atoms with Gasteiger partial charge in [0.1, 0.15) is 10.1 Å². The first kappa shape index (κ1) is 15.7. The Hall–Kier alpha value is -1.33. The Morgan fingerprint density at radius 3 is 2.32 bits per heavy atom. The third kappa shape index (κ3) is 4.36. The lowest BCUT2D eigenvalue weighted by molar-refractivity contribution is -0.173. The van der Waals surface area contributed by atoms with Gasteiger partial charge in [0.2, 0.25) is 0 Å². The molecule has 0 bridgehead atoms. The minimum atomic E-state index is -5.06. The number of benzene rings is 1. The van der Waals surface area contributed by atoms with Crippen LogP contribution >= 0.6 is 15.9 Å². The average Bonchev–Trinajstić information content (AvgIpc) is 2.24. The van der Waals surface area contributed by atoms with Crippen LogP contribution in [0.15, 0.2) is 27.6 Å². The number of hydrogen-bond acceptors (Lipinski definition) is 5. The Morgan fingerprint density at radius 2 is 1.89 bits per heavy atom. The quantitative estimate of drug-likeness (QED) is 0.625. The highest BCUT2D eigenvalue weighted by molar-refractivity contribution is 9.10. The summed E-state index contributed by atoms with van der Waals surface area (Å²) in [5.74, 6) is -2.22. The third-order valence-electron chi connectivity index (χ3n) is 1.80. The number of halogens is 4. The Bertz CT molecular complexity index is 603. The predicted octanol–water partition coefficient (Wildman–Crippen LogP) is 1.36. The molecule has 0 aliphatic carbocycles. The molecule has 106 valence electrons. The zero-order valence-corrected chi connectivity index (χ0v) is 11.2. The summed E-state index contributed by atoms with van der Waals surface area (Å²) in [4.78, 5) is 9.95. The van der Waals surface area contributed by atoms with Gasteiger partial charge >= 0.3 is 12.1 Å². The fraction of sp³-hybridized carbons (Fsp3) is 0.125. The van der Waals surface area contributed by atoms with E-state index in [1.165, 1.54) is 5.43 Å². The Kier molecular flexibility index (Phi) is 4.43. The molecule has 1 aromatic rings. The molecule has 1 amide bonds. The van der Waals surface area contributed by atoms with Gasteiger partial charge in [0.05, 0.1) is 10.6 Å². The molecule has 2 N–H and O–H groups in total. The fourth-order valence-corrected chi connectivity index (χ4v) is 2.07. The molecule has 0 saturated carbocycles. The molecule has 0 atom stereocenters. The molecule has 0 radical (unpaired) electrons. The van der Waals surface area contributed by atoms with Crippen molar-refractivity contribution in [2.75, 3.05) is 5.43 Å². The third-order valence-corrected chi connectivity index (χ3v) is 3.28. The summed E-state index contributed by atoms with van der Waals surface area (Å²) in [5, 5.41) is 0. The van der Waals surface area contributed by atoms with Gasteiger partial charge in [-0.2, -0.15) is 13.2 Å². The molecule has 0 aliphatic heterocycles. The summed E-state index contributed by atoms with van der Waals surface area (Å²) in [6, 6.07) is 2.80. The molecule has 6 nitrogen and oxygen atoms in total. The van der Waals surface area contributed by atoms with Gasteiger partial charge in [-0.05, 0) is 34.1 Å². The van der Waals surface area contributed by atoms with E-state index in [0.717, 1.165) is 18.2 Å². The van der Waals surface area contributed by atoms with Crippen LogP contribution in [0.5, 0.6) is 0 Å². The molecule has 0 heterocycles. The Labute approximate surface area is 113 Å². The van der Waals surface area contributed by atoms with Crippen LogP contribution in [0.4, 0.5) is 18.9 Å². The highest BCUT2D eigenvalue weighted by Gasteiger charge is 2.38. The van der Waals surface area contributed by atoms with Crippen LogP contribution in [0, 0.1) is 0 Å². The van der Waals surface area contributed by atoms with E-state index in [1.807, 2.05) is 5.43 Å². The highest BCUT2D eigenvalue weighted by atomic mass is 79.9. The van der Waals surface area contributed by atoms with Crippen LogP contribution in [0.1, 0.15) is 0 Å². The van der Waals surface area contributed by atoms with E-state index in [0.29, 0.717) is 0 Å². The van der Waals surface area contributed by atoms with Gasteiger partial charge in [0, 0.05) is 4.47 Å². The summed E-state index contributed by atoms with van der Waals surface area (Å²) in [5.41, 5.74) is 3.25. The number of carbonyl (C=O) groups excluding carboxylic acids is 1. The van der Waals surface area contributed by atoms with Crippen LogP contribution in [0.3, 0.4) is 0 Å². The Balaban J connectivity index is 2.85. The minimum Gasteiger partial charge on any atom is -0.744 e. The number of amides is 1. The van der Waals surface area contributed by atoms with Crippen molar-refractivity contribution in [1.29, 1.82) is 0 Å². The summed E-state index contributed by atoms with van der Waals surface area (Å²) in [6.45, 7) is 0. The minimum absolute atomic E-state index is 0.00750. The Morgan fingerprint density at radius 1 is 1.32 bits per heavy atom. The summed E-state index contributed by atoms with van der Waals surface area (Å²) in [6.07, 6.45) is -5.06. The van der Waals surface area contributed by atoms with Gasteiger partial charge < -0.3 is 4.55 Å². The normalized spacial score (nSPS) is 12.1. The number of alkyl halides is 3. The van der Waals surface area contributed by atoms with Crippen molar-refractivity contribution in [2.24, 2.45) is 0 Å². The molecule has 0 aliphatic rings. The molecule has 1 aromatic carbocycles. The number of anilines is 1. The first-order valence-corrected chi connectivity index (χ1v) is 6.60. The first-order chi connectivity index (χ1) is 8.51. The first-order valence-electron chi connectivity index (χ1n) is 4.40. The monoisotopic (exact) mass is 361 g/mol. The smallest absolute Gasteiger partial charge is 0.472 e. The van der Waals surface area contributed by atoms with E-state index in [4.69, 9.17) is 0 Å². The molecule has 0 spiro atoms. The number of nitrogens with one attached hydrogen (secondary N) is 2. The molecule has 19 heavy (non-hydrogen) atoms. The lowest BCUT2D eigenvalue weighted by atomic mass is 10.3. The van der Waals surface area contributed by atoms with Crippen molar-refractivity contribution in [3.05, 3.63) is 22.7 Å². The van der Waals surface area contributed by atoms with Crippen LogP contribution < -0.4 is 10.9 Å². The van der Waals surface area contributed by atoms with Crippen molar-refractivity contribution in [2.45, 2.75) is 11.1 Å². The second-order valence-corrected chi connectivity index (χ2v) is 5.41. The van der Waals surface area contributed by atoms with Crippen LogP contribution in [-0.4, -0.2) is 25.1 Å². The molecule has 0 saturated heterocycles. The van der Waals surface area contributed by atoms with E-state index >= 15 is 0 Å². The van der Waals surface area contributed by atoms with Gasteiger partial charge in [-0.25, -0.2) is 8.42 Å². The molecule has 1 rings (SSSR count). The SMILES string of the molecule is O=C(NNc1ccc(S(=O)(=O)[O-])cc1Br)C(F)(F)F. The fourth-order valence-electron chi connectivity index (χ4n) is 0.948. The maximum atomic E-state index is 11.9. The number of carbonyl (C=O) groups is 1. The van der Waals surface area contributed by atoms with Gasteiger partial charge in [-0.1, -0.05) is 0 Å². The average molecular weight is 362 g/mol. The van der Waals surface area contributed by atoms with E-state index in [9.17, 15) is 30.9 Å². The van der Waals surface area contributed by atoms with Crippen LogP contribution in [0.25, 0.3) is 0 Å². The van der Waals surface area contributed by atoms with E-state index in [2.05, 4.69) is 15.9 Å². The largest absolute Gasteiger partial charge is 0.744 e. The van der Waals surface area contributed by atoms with Crippen LogP contribution in [0.2, 0.25) is 0 Å². The van der Waals surface area contributed by atoms with Gasteiger partial charge in [0.25, 0.3) is 0 Å². The zero-order chi connectivity index (χ0) is 14.8. The topological polar surface area (TPSA) is 98.3 Å². The second kappa shape index (κ2) is 5.35. The second-order valence-electron chi connectivity index (χ2n) is 3.17. The van der Waals surface area contributed by atoms with E-state index in [1.54, 1.807) is 0 Å². The van der Waals surface area contributed by atoms with Gasteiger partial charge in [-0.3, -0.25) is 15.6 Å². The molecule has 0 unspecified atom stereocenters. The van der Waals surface area contributed by atoms with E-state index in [-0.39, 0.29) is 10.2 Å². The van der Waals surface area contributed by atoms with Crippen molar-refractivity contribution < 1.29 is 30.9 Å². The molecular formula is C8H5BrF3N2O4S-. The predicted molar refractivity (Wildman–Crippen MR) is 59.9 cm³/mol. The lowest BCUT2D eigenvalue weighted by Crippen LogP contribution is -2.40. The highest BCUT2D eigenvalue weighted by Crippen LogP contribution is 2.25. The van der Waals surface area contributed by atoms with Crippen molar-refractivity contribution in [1.82, 2.24) is 5.43 Å². The molecule has 0 fully saturated rings. The molecular weight excluding hydrogens is 357 g/mol. The number of rotatable bonds is 3. The van der Waals surface area contributed by atoms with Crippen molar-refractivity contribution in [3.63, 3.8) is 0 Å². The number of hydrazine groups is 1. The summed E-state index contributed by atoms with van der Waals surface area (Å²) < 4.78 is 67.7. The van der Waals surface area contributed by atoms with Gasteiger partial charge in [0.15, 0.2) is 0 Å².